The quantitative estimate of drug-likeness (QED) is 0.845. The highest BCUT2D eigenvalue weighted by Crippen LogP contribution is 2.08. The van der Waals surface area contributed by atoms with E-state index in [1.54, 1.807) is 24.5 Å². The third-order valence-corrected chi connectivity index (χ3v) is 2.62. The molecule has 2 aromatic rings. The van der Waals surface area contributed by atoms with Crippen molar-refractivity contribution in [2.24, 2.45) is 0 Å². The fraction of sp³-hybridized carbons (Fsp3) is 0.231. The highest BCUT2D eigenvalue weighted by Gasteiger charge is 2.06. The number of carbonyl (C=O) groups is 1. The Balaban J connectivity index is 1.99. The molecule has 4 nitrogen and oxygen atoms in total. The Hall–Kier alpha value is -2.10. The first kappa shape index (κ1) is 11.4. The van der Waals surface area contributed by atoms with Crippen LogP contribution in [0.4, 0.5) is 0 Å². The van der Waals surface area contributed by atoms with Gasteiger partial charge >= 0.3 is 0 Å². The topological polar surface area (TPSA) is 57.8 Å². The lowest BCUT2D eigenvalue weighted by Crippen LogP contribution is -2.22. The summed E-state index contributed by atoms with van der Waals surface area (Å²) in [5.74, 6) is -0.101. The predicted octanol–water partition coefficient (Wildman–Crippen LogP) is 1.96. The number of aromatic nitrogens is 2. The van der Waals surface area contributed by atoms with Crippen molar-refractivity contribution in [2.45, 2.75) is 20.4 Å². The average Bonchev–Trinajstić information content (AvgIpc) is 2.66. The molecule has 2 aromatic heterocycles. The summed E-state index contributed by atoms with van der Waals surface area (Å²) >= 11 is 0. The number of hydrogen-bond donors (Lipinski definition) is 2. The van der Waals surface area contributed by atoms with Gasteiger partial charge in [-0.1, -0.05) is 0 Å². The van der Waals surface area contributed by atoms with Crippen molar-refractivity contribution in [3.8, 4) is 0 Å². The summed E-state index contributed by atoms with van der Waals surface area (Å²) in [5, 5.41) is 2.87. The Bertz CT molecular complexity index is 517. The van der Waals surface area contributed by atoms with Gasteiger partial charge in [0, 0.05) is 30.3 Å². The Labute approximate surface area is 100 Å². The van der Waals surface area contributed by atoms with E-state index in [0.29, 0.717) is 12.1 Å². The monoisotopic (exact) mass is 229 g/mol. The van der Waals surface area contributed by atoms with Crippen molar-refractivity contribution in [3.63, 3.8) is 0 Å². The second-order valence-electron chi connectivity index (χ2n) is 4.03. The van der Waals surface area contributed by atoms with Gasteiger partial charge in [0.25, 0.3) is 5.91 Å². The normalized spacial score (nSPS) is 10.2. The van der Waals surface area contributed by atoms with Crippen molar-refractivity contribution in [1.29, 1.82) is 0 Å². The molecule has 0 bridgehead atoms. The molecule has 0 fully saturated rings. The second kappa shape index (κ2) is 4.82. The van der Waals surface area contributed by atoms with Gasteiger partial charge < -0.3 is 10.3 Å². The summed E-state index contributed by atoms with van der Waals surface area (Å²) in [7, 11) is 0. The van der Waals surface area contributed by atoms with Crippen LogP contribution in [-0.2, 0) is 6.54 Å². The summed E-state index contributed by atoms with van der Waals surface area (Å²) in [6, 6.07) is 5.54. The van der Waals surface area contributed by atoms with Crippen molar-refractivity contribution in [2.75, 3.05) is 0 Å². The van der Waals surface area contributed by atoms with Crippen LogP contribution in [0.2, 0.25) is 0 Å². The zero-order valence-corrected chi connectivity index (χ0v) is 9.95. The molecule has 2 N–H and O–H groups in total. The molecule has 88 valence electrons. The molecule has 2 heterocycles. The smallest absolute Gasteiger partial charge is 0.253 e. The van der Waals surface area contributed by atoms with Crippen LogP contribution in [0.5, 0.6) is 0 Å². The van der Waals surface area contributed by atoms with Crippen LogP contribution in [-0.4, -0.2) is 15.9 Å². The number of aromatic amines is 1. The SMILES string of the molecule is Cc1cc(CNC(=O)c2cccnc2)c(C)[nH]1. The molecule has 0 saturated carbocycles. The number of pyridine rings is 1. The van der Waals surface area contributed by atoms with Crippen LogP contribution in [0.3, 0.4) is 0 Å². The van der Waals surface area contributed by atoms with Gasteiger partial charge in [0.15, 0.2) is 0 Å². The first-order valence-electron chi connectivity index (χ1n) is 5.50. The van der Waals surface area contributed by atoms with Crippen molar-refractivity contribution >= 4 is 5.91 Å². The highest BCUT2D eigenvalue weighted by molar-refractivity contribution is 5.93. The largest absolute Gasteiger partial charge is 0.362 e. The number of nitrogens with zero attached hydrogens (tertiary/aromatic N) is 1. The van der Waals surface area contributed by atoms with Gasteiger partial charge in [-0.15, -0.1) is 0 Å². The van der Waals surface area contributed by atoms with Crippen LogP contribution >= 0.6 is 0 Å². The third-order valence-electron chi connectivity index (χ3n) is 2.62. The molecule has 0 aromatic carbocycles. The molecule has 0 radical (unpaired) electrons. The van der Waals surface area contributed by atoms with E-state index < -0.39 is 0 Å². The van der Waals surface area contributed by atoms with Crippen LogP contribution in [0.1, 0.15) is 27.3 Å². The van der Waals surface area contributed by atoms with E-state index in [1.165, 1.54) is 0 Å². The maximum atomic E-state index is 11.8. The number of amides is 1. The zero-order chi connectivity index (χ0) is 12.3. The summed E-state index contributed by atoms with van der Waals surface area (Å²) in [4.78, 5) is 18.9. The first-order valence-corrected chi connectivity index (χ1v) is 5.50. The van der Waals surface area contributed by atoms with Crippen molar-refractivity contribution < 1.29 is 4.79 Å². The number of hydrogen-bond acceptors (Lipinski definition) is 2. The maximum Gasteiger partial charge on any atom is 0.253 e. The van der Waals surface area contributed by atoms with Gasteiger partial charge in [0.05, 0.1) is 5.56 Å². The average molecular weight is 229 g/mol. The maximum absolute atomic E-state index is 11.8. The first-order chi connectivity index (χ1) is 8.16. The lowest BCUT2D eigenvalue weighted by molar-refractivity contribution is 0.0950. The van der Waals surface area contributed by atoms with Gasteiger partial charge in [-0.3, -0.25) is 9.78 Å². The minimum absolute atomic E-state index is 0.101. The van der Waals surface area contributed by atoms with Crippen LogP contribution in [0, 0.1) is 13.8 Å². The van der Waals surface area contributed by atoms with Gasteiger partial charge in [-0.05, 0) is 37.6 Å². The summed E-state index contributed by atoms with van der Waals surface area (Å²) in [6.45, 7) is 4.53. The number of nitrogens with one attached hydrogen (secondary N) is 2. The molecule has 1 amide bonds. The van der Waals surface area contributed by atoms with Gasteiger partial charge in [0.2, 0.25) is 0 Å². The molecule has 0 unspecified atom stereocenters. The molecule has 0 atom stereocenters. The Morgan fingerprint density at radius 2 is 2.29 bits per heavy atom. The fourth-order valence-corrected chi connectivity index (χ4v) is 1.74. The van der Waals surface area contributed by atoms with E-state index in [-0.39, 0.29) is 5.91 Å². The number of carbonyl (C=O) groups excluding carboxylic acids is 1. The lowest BCUT2D eigenvalue weighted by Gasteiger charge is -2.04. The standard InChI is InChI=1S/C13H15N3O/c1-9-6-12(10(2)16-9)8-15-13(17)11-4-3-5-14-7-11/h3-7,16H,8H2,1-2H3,(H,15,17). The highest BCUT2D eigenvalue weighted by atomic mass is 16.1. The molecule has 0 aliphatic heterocycles. The summed E-state index contributed by atoms with van der Waals surface area (Å²) in [6.07, 6.45) is 3.21. The zero-order valence-electron chi connectivity index (χ0n) is 9.95. The van der Waals surface area contributed by atoms with E-state index in [2.05, 4.69) is 15.3 Å². The molecular weight excluding hydrogens is 214 g/mol. The third kappa shape index (κ3) is 2.72. The van der Waals surface area contributed by atoms with Crippen LogP contribution < -0.4 is 5.32 Å². The minimum Gasteiger partial charge on any atom is -0.362 e. The summed E-state index contributed by atoms with van der Waals surface area (Å²) in [5.41, 5.74) is 3.89. The van der Waals surface area contributed by atoms with E-state index in [0.717, 1.165) is 17.0 Å². The molecule has 4 heteroatoms. The fourth-order valence-electron chi connectivity index (χ4n) is 1.74. The molecule has 0 spiro atoms. The molecule has 0 aliphatic rings. The summed E-state index contributed by atoms with van der Waals surface area (Å²) < 4.78 is 0. The molecule has 0 aliphatic carbocycles. The molecule has 17 heavy (non-hydrogen) atoms. The van der Waals surface area contributed by atoms with Gasteiger partial charge in [0.1, 0.15) is 0 Å². The van der Waals surface area contributed by atoms with Crippen LogP contribution in [0.15, 0.2) is 30.6 Å². The van der Waals surface area contributed by atoms with E-state index >= 15 is 0 Å². The number of H-pyrrole nitrogens is 1. The Morgan fingerprint density at radius 1 is 1.47 bits per heavy atom. The second-order valence-corrected chi connectivity index (χ2v) is 4.03. The lowest BCUT2D eigenvalue weighted by atomic mass is 10.2. The van der Waals surface area contributed by atoms with Gasteiger partial charge in [-0.25, -0.2) is 0 Å². The molecular formula is C13H15N3O. The predicted molar refractivity (Wildman–Crippen MR) is 65.7 cm³/mol. The number of aryl methyl sites for hydroxylation is 2. The van der Waals surface area contributed by atoms with Crippen molar-refractivity contribution in [1.82, 2.24) is 15.3 Å². The number of rotatable bonds is 3. The molecule has 2 rings (SSSR count). The van der Waals surface area contributed by atoms with Crippen LogP contribution in [0.25, 0.3) is 0 Å². The minimum atomic E-state index is -0.101. The van der Waals surface area contributed by atoms with E-state index in [4.69, 9.17) is 0 Å². The Kier molecular flexibility index (Phi) is 3.23. The molecule has 0 saturated heterocycles. The van der Waals surface area contributed by atoms with E-state index in [9.17, 15) is 4.79 Å². The van der Waals surface area contributed by atoms with E-state index in [1.807, 2.05) is 19.9 Å². The van der Waals surface area contributed by atoms with Gasteiger partial charge in [-0.2, -0.15) is 0 Å². The Morgan fingerprint density at radius 3 is 2.88 bits per heavy atom. The van der Waals surface area contributed by atoms with Crippen molar-refractivity contribution in [3.05, 3.63) is 53.1 Å².